The molecule has 0 unspecified atom stereocenters. The minimum atomic E-state index is -4.39. The Morgan fingerprint density at radius 3 is 2.50 bits per heavy atom. The molecule has 0 aromatic heterocycles. The van der Waals surface area contributed by atoms with E-state index in [1.54, 1.807) is 19.1 Å². The van der Waals surface area contributed by atoms with Gasteiger partial charge in [0.1, 0.15) is 5.75 Å². The molecule has 0 spiro atoms. The van der Waals surface area contributed by atoms with Crippen LogP contribution in [-0.4, -0.2) is 25.2 Å². The maximum Gasteiger partial charge on any atom is 0.422 e. The van der Waals surface area contributed by atoms with Crippen LogP contribution in [0.2, 0.25) is 0 Å². The van der Waals surface area contributed by atoms with Crippen LogP contribution in [0.15, 0.2) is 18.2 Å². The summed E-state index contributed by atoms with van der Waals surface area (Å²) in [4.78, 5) is 11.9. The number of benzene rings is 1. The van der Waals surface area contributed by atoms with Gasteiger partial charge in [0.05, 0.1) is 0 Å². The fourth-order valence-electron chi connectivity index (χ4n) is 2.06. The lowest BCUT2D eigenvalue weighted by Crippen LogP contribution is -2.20. The highest BCUT2D eigenvalue weighted by Crippen LogP contribution is 2.27. The van der Waals surface area contributed by atoms with Gasteiger partial charge in [0.15, 0.2) is 6.61 Å². The van der Waals surface area contributed by atoms with Crippen molar-refractivity contribution in [2.24, 2.45) is 5.73 Å². The lowest BCUT2D eigenvalue weighted by atomic mass is 10.1. The van der Waals surface area contributed by atoms with E-state index in [2.05, 4.69) is 5.32 Å². The molecule has 0 saturated carbocycles. The standard InChI is InChI=1S/C16H23F3N2O2.ClH/c1-12-13(21-15(22)9-4-2-3-5-10-20)7-6-8-14(12)23-11-16(17,18)19;/h6-8H,2-5,9-11,20H2,1H3,(H,21,22);1H. The predicted octanol–water partition coefficient (Wildman–Crippen LogP) is 4.21. The van der Waals surface area contributed by atoms with Gasteiger partial charge in [0.2, 0.25) is 5.91 Å². The van der Waals surface area contributed by atoms with E-state index >= 15 is 0 Å². The average molecular weight is 369 g/mol. The second kappa shape index (κ2) is 11.1. The Bertz CT molecular complexity index is 511. The Labute approximate surface area is 146 Å². The van der Waals surface area contributed by atoms with Crippen LogP contribution < -0.4 is 15.8 Å². The highest BCUT2D eigenvalue weighted by atomic mass is 35.5. The molecule has 0 aliphatic carbocycles. The van der Waals surface area contributed by atoms with Gasteiger partial charge < -0.3 is 15.8 Å². The molecule has 1 aromatic carbocycles. The number of unbranched alkanes of at least 4 members (excludes halogenated alkanes) is 3. The van der Waals surface area contributed by atoms with E-state index in [0.717, 1.165) is 25.7 Å². The van der Waals surface area contributed by atoms with Crippen molar-refractivity contribution >= 4 is 24.0 Å². The van der Waals surface area contributed by atoms with E-state index in [-0.39, 0.29) is 24.1 Å². The average Bonchev–Trinajstić information content (AvgIpc) is 2.47. The quantitative estimate of drug-likeness (QED) is 0.642. The molecule has 0 aliphatic heterocycles. The molecule has 138 valence electrons. The fraction of sp³-hybridized carbons (Fsp3) is 0.562. The minimum absolute atomic E-state index is 0. The van der Waals surface area contributed by atoms with Crippen molar-refractivity contribution in [2.45, 2.75) is 45.2 Å². The summed E-state index contributed by atoms with van der Waals surface area (Å²) in [7, 11) is 0. The number of alkyl halides is 3. The largest absolute Gasteiger partial charge is 0.484 e. The molecule has 4 nitrogen and oxygen atoms in total. The van der Waals surface area contributed by atoms with Crippen LogP contribution in [0.4, 0.5) is 18.9 Å². The summed E-state index contributed by atoms with van der Waals surface area (Å²) in [5.74, 6) is -0.0445. The summed E-state index contributed by atoms with van der Waals surface area (Å²) < 4.78 is 41.4. The van der Waals surface area contributed by atoms with Crippen molar-refractivity contribution < 1.29 is 22.7 Å². The third-order valence-corrected chi connectivity index (χ3v) is 3.31. The van der Waals surface area contributed by atoms with Gasteiger partial charge in [-0.3, -0.25) is 4.79 Å². The van der Waals surface area contributed by atoms with Crippen LogP contribution >= 0.6 is 12.4 Å². The molecule has 3 N–H and O–H groups in total. The van der Waals surface area contributed by atoms with Gasteiger partial charge in [-0.1, -0.05) is 18.9 Å². The summed E-state index contributed by atoms with van der Waals surface area (Å²) >= 11 is 0. The molecule has 0 aliphatic rings. The topological polar surface area (TPSA) is 64.4 Å². The van der Waals surface area contributed by atoms with Crippen molar-refractivity contribution in [3.63, 3.8) is 0 Å². The van der Waals surface area contributed by atoms with Crippen molar-refractivity contribution in [1.82, 2.24) is 0 Å². The Balaban J connectivity index is 0.00000529. The highest BCUT2D eigenvalue weighted by Gasteiger charge is 2.28. The van der Waals surface area contributed by atoms with Crippen molar-refractivity contribution in [2.75, 3.05) is 18.5 Å². The van der Waals surface area contributed by atoms with Crippen LogP contribution in [0.3, 0.4) is 0 Å². The van der Waals surface area contributed by atoms with E-state index in [1.165, 1.54) is 6.07 Å². The maximum absolute atomic E-state index is 12.2. The fourth-order valence-corrected chi connectivity index (χ4v) is 2.06. The molecule has 1 rings (SSSR count). The number of carbonyl (C=O) groups is 1. The number of nitrogens with two attached hydrogens (primary N) is 1. The van der Waals surface area contributed by atoms with Gasteiger partial charge >= 0.3 is 6.18 Å². The number of hydrogen-bond acceptors (Lipinski definition) is 3. The predicted molar refractivity (Wildman–Crippen MR) is 90.7 cm³/mol. The van der Waals surface area contributed by atoms with Crippen LogP contribution in [0, 0.1) is 6.92 Å². The monoisotopic (exact) mass is 368 g/mol. The number of carbonyl (C=O) groups excluding carboxylic acids is 1. The maximum atomic E-state index is 12.2. The van der Waals surface area contributed by atoms with Gasteiger partial charge in [0, 0.05) is 17.7 Å². The van der Waals surface area contributed by atoms with Crippen molar-refractivity contribution in [3.8, 4) is 5.75 Å². The van der Waals surface area contributed by atoms with Gasteiger partial charge in [-0.15, -0.1) is 12.4 Å². The molecule has 0 saturated heterocycles. The summed E-state index contributed by atoms with van der Waals surface area (Å²) in [5, 5.41) is 2.71. The van der Waals surface area contributed by atoms with Crippen LogP contribution in [0.25, 0.3) is 0 Å². The molecule has 0 heterocycles. The van der Waals surface area contributed by atoms with E-state index in [0.29, 0.717) is 24.2 Å². The molecule has 1 aromatic rings. The first-order valence-corrected chi connectivity index (χ1v) is 7.62. The van der Waals surface area contributed by atoms with Gasteiger partial charge in [-0.05, 0) is 38.4 Å². The number of rotatable bonds is 9. The van der Waals surface area contributed by atoms with Crippen LogP contribution in [-0.2, 0) is 4.79 Å². The molecular weight excluding hydrogens is 345 g/mol. The number of halogens is 4. The first kappa shape index (κ1) is 22.5. The zero-order valence-corrected chi connectivity index (χ0v) is 14.4. The first-order chi connectivity index (χ1) is 10.8. The molecular formula is C16H24ClF3N2O2. The molecule has 0 fully saturated rings. The molecule has 8 heteroatoms. The zero-order valence-electron chi connectivity index (χ0n) is 13.6. The number of amides is 1. The van der Waals surface area contributed by atoms with Crippen LogP contribution in [0.5, 0.6) is 5.75 Å². The van der Waals surface area contributed by atoms with Crippen molar-refractivity contribution in [3.05, 3.63) is 23.8 Å². The lowest BCUT2D eigenvalue weighted by Gasteiger charge is -2.14. The summed E-state index contributed by atoms with van der Waals surface area (Å²) in [5.41, 5.74) is 6.34. The van der Waals surface area contributed by atoms with Gasteiger partial charge in [-0.25, -0.2) is 0 Å². The van der Waals surface area contributed by atoms with E-state index < -0.39 is 12.8 Å². The van der Waals surface area contributed by atoms with E-state index in [9.17, 15) is 18.0 Å². The minimum Gasteiger partial charge on any atom is -0.484 e. The molecule has 0 bridgehead atoms. The van der Waals surface area contributed by atoms with Crippen LogP contribution in [0.1, 0.15) is 37.7 Å². The Kier molecular flexibility index (Phi) is 10.5. The van der Waals surface area contributed by atoms with E-state index in [1.807, 2.05) is 0 Å². The number of ether oxygens (including phenoxy) is 1. The first-order valence-electron chi connectivity index (χ1n) is 7.62. The third kappa shape index (κ3) is 8.98. The summed E-state index contributed by atoms with van der Waals surface area (Å²) in [6, 6.07) is 4.64. The molecule has 1 amide bonds. The van der Waals surface area contributed by atoms with Crippen molar-refractivity contribution in [1.29, 1.82) is 0 Å². The summed E-state index contributed by atoms with van der Waals surface area (Å²) in [6.07, 6.45) is -0.400. The Hall–Kier alpha value is -1.47. The second-order valence-corrected chi connectivity index (χ2v) is 5.33. The van der Waals surface area contributed by atoms with E-state index in [4.69, 9.17) is 10.5 Å². The molecule has 24 heavy (non-hydrogen) atoms. The Morgan fingerprint density at radius 1 is 1.21 bits per heavy atom. The third-order valence-electron chi connectivity index (χ3n) is 3.31. The summed E-state index contributed by atoms with van der Waals surface area (Å²) in [6.45, 7) is 0.908. The highest BCUT2D eigenvalue weighted by molar-refractivity contribution is 5.91. The SMILES string of the molecule is Cc1c(NC(=O)CCCCCCN)cccc1OCC(F)(F)F.Cl. The number of anilines is 1. The smallest absolute Gasteiger partial charge is 0.422 e. The molecule has 0 radical (unpaired) electrons. The normalized spacial score (nSPS) is 10.9. The Morgan fingerprint density at radius 2 is 1.88 bits per heavy atom. The van der Waals surface area contributed by atoms with Gasteiger partial charge in [0.25, 0.3) is 0 Å². The molecule has 0 atom stereocenters. The van der Waals surface area contributed by atoms with Gasteiger partial charge in [-0.2, -0.15) is 13.2 Å². The second-order valence-electron chi connectivity index (χ2n) is 5.33. The lowest BCUT2D eigenvalue weighted by molar-refractivity contribution is -0.153. The number of nitrogens with one attached hydrogen (secondary N) is 1. The zero-order chi connectivity index (χ0) is 17.3. The number of hydrogen-bond donors (Lipinski definition) is 2.